The van der Waals surface area contributed by atoms with Gasteiger partial charge in [0.2, 0.25) is 8.32 Å². The molecule has 1 aromatic heterocycles. The molecular weight excluding hydrogens is 254 g/mol. The minimum Gasteiger partial charge on any atom is -0.465 e. The van der Waals surface area contributed by atoms with Gasteiger partial charge in [-0.1, -0.05) is 41.5 Å². The van der Waals surface area contributed by atoms with Gasteiger partial charge in [-0.05, 0) is 28.8 Å². The molecule has 4 heteroatoms. The maximum atomic E-state index is 9.39. The van der Waals surface area contributed by atoms with Crippen molar-refractivity contribution >= 4 is 8.32 Å². The summed E-state index contributed by atoms with van der Waals surface area (Å²) in [6, 6.07) is 5.85. The van der Waals surface area contributed by atoms with Crippen molar-refractivity contribution in [3.8, 4) is 6.07 Å². The second-order valence-corrected chi connectivity index (χ2v) is 11.4. The Balaban J connectivity index is 3.10. The molecule has 19 heavy (non-hydrogen) atoms. The van der Waals surface area contributed by atoms with Crippen molar-refractivity contribution in [3.05, 3.63) is 24.2 Å². The molecule has 0 aliphatic rings. The molecule has 0 aliphatic carbocycles. The second-order valence-electron chi connectivity index (χ2n) is 5.96. The van der Waals surface area contributed by atoms with Crippen molar-refractivity contribution in [2.24, 2.45) is 0 Å². The van der Waals surface area contributed by atoms with Crippen LogP contribution in [0.2, 0.25) is 16.6 Å². The van der Waals surface area contributed by atoms with Crippen molar-refractivity contribution in [1.29, 1.82) is 5.26 Å². The zero-order valence-corrected chi connectivity index (χ0v) is 13.8. The minimum atomic E-state index is -2.05. The van der Waals surface area contributed by atoms with E-state index in [1.807, 2.05) is 6.07 Å². The van der Waals surface area contributed by atoms with Crippen LogP contribution in [0.1, 0.15) is 53.4 Å². The standard InChI is InChI=1S/C15H25NO2Si/c1-11(2)19(12(3)4,13(5)6)18-15(10-16)14-8-7-9-17-14/h7-9,11-13,15H,1-6H3. The number of nitriles is 1. The molecule has 0 radical (unpaired) electrons. The summed E-state index contributed by atoms with van der Waals surface area (Å²) >= 11 is 0. The van der Waals surface area contributed by atoms with Crippen LogP contribution in [0.4, 0.5) is 0 Å². The Morgan fingerprint density at radius 2 is 1.63 bits per heavy atom. The summed E-state index contributed by atoms with van der Waals surface area (Å²) in [7, 11) is -2.05. The monoisotopic (exact) mass is 279 g/mol. The van der Waals surface area contributed by atoms with E-state index >= 15 is 0 Å². The normalized spacial score (nSPS) is 14.1. The first-order valence-corrected chi connectivity index (χ1v) is 9.11. The molecule has 0 N–H and O–H groups in total. The van der Waals surface area contributed by atoms with Crippen LogP contribution in [0.3, 0.4) is 0 Å². The third kappa shape index (κ3) is 3.10. The lowest BCUT2D eigenvalue weighted by Gasteiger charge is -2.43. The molecule has 1 atom stereocenters. The number of furan rings is 1. The Kier molecular flexibility index (Phi) is 5.39. The van der Waals surface area contributed by atoms with Gasteiger partial charge in [0.1, 0.15) is 11.8 Å². The molecule has 0 saturated heterocycles. The van der Waals surface area contributed by atoms with Crippen LogP contribution < -0.4 is 0 Å². The highest BCUT2D eigenvalue weighted by atomic mass is 28.4. The topological polar surface area (TPSA) is 46.2 Å². The lowest BCUT2D eigenvalue weighted by molar-refractivity contribution is 0.199. The molecule has 1 unspecified atom stereocenters. The SMILES string of the molecule is CC(C)[Si](OC(C#N)c1ccco1)(C(C)C)C(C)C. The van der Waals surface area contributed by atoms with Crippen LogP contribution >= 0.6 is 0 Å². The van der Waals surface area contributed by atoms with Crippen LogP contribution in [0.25, 0.3) is 0 Å². The highest BCUT2D eigenvalue weighted by Crippen LogP contribution is 2.44. The first-order chi connectivity index (χ1) is 8.86. The van der Waals surface area contributed by atoms with Gasteiger partial charge in [0.25, 0.3) is 0 Å². The molecule has 0 bridgehead atoms. The highest BCUT2D eigenvalue weighted by Gasteiger charge is 2.47. The van der Waals surface area contributed by atoms with E-state index in [4.69, 9.17) is 8.84 Å². The van der Waals surface area contributed by atoms with Crippen molar-refractivity contribution in [3.63, 3.8) is 0 Å². The fourth-order valence-electron chi connectivity index (χ4n) is 3.20. The van der Waals surface area contributed by atoms with E-state index in [1.54, 1.807) is 12.3 Å². The molecule has 0 fully saturated rings. The molecule has 0 aliphatic heterocycles. The molecule has 0 aromatic carbocycles. The number of hydrogen-bond acceptors (Lipinski definition) is 3. The molecule has 1 rings (SSSR count). The maximum Gasteiger partial charge on any atom is 0.202 e. The predicted molar refractivity (Wildman–Crippen MR) is 79.2 cm³/mol. The lowest BCUT2D eigenvalue weighted by atomic mass is 10.3. The maximum absolute atomic E-state index is 9.39. The molecule has 0 saturated carbocycles. The van der Waals surface area contributed by atoms with E-state index in [-0.39, 0.29) is 0 Å². The van der Waals surface area contributed by atoms with E-state index in [1.165, 1.54) is 0 Å². The average molecular weight is 279 g/mol. The van der Waals surface area contributed by atoms with Gasteiger partial charge in [0, 0.05) is 0 Å². The Hall–Kier alpha value is -1.05. The Bertz CT molecular complexity index is 396. The first-order valence-electron chi connectivity index (χ1n) is 6.97. The molecule has 0 amide bonds. The zero-order chi connectivity index (χ0) is 14.6. The smallest absolute Gasteiger partial charge is 0.202 e. The van der Waals surface area contributed by atoms with Gasteiger partial charge in [-0.2, -0.15) is 5.26 Å². The van der Waals surface area contributed by atoms with E-state index in [9.17, 15) is 5.26 Å². The highest BCUT2D eigenvalue weighted by molar-refractivity contribution is 6.77. The zero-order valence-electron chi connectivity index (χ0n) is 12.8. The summed E-state index contributed by atoms with van der Waals surface area (Å²) in [4.78, 5) is 0. The quantitative estimate of drug-likeness (QED) is 0.685. The molecule has 3 nitrogen and oxygen atoms in total. The summed E-state index contributed by atoms with van der Waals surface area (Å²) < 4.78 is 11.7. The Morgan fingerprint density at radius 3 is 1.95 bits per heavy atom. The van der Waals surface area contributed by atoms with Crippen LogP contribution in [0.15, 0.2) is 22.8 Å². The van der Waals surface area contributed by atoms with E-state index < -0.39 is 14.4 Å². The summed E-state index contributed by atoms with van der Waals surface area (Å²) in [6.45, 7) is 13.3. The van der Waals surface area contributed by atoms with Gasteiger partial charge in [-0.15, -0.1) is 0 Å². The van der Waals surface area contributed by atoms with Gasteiger partial charge in [-0.25, -0.2) is 0 Å². The van der Waals surface area contributed by atoms with Gasteiger partial charge in [0.05, 0.1) is 6.26 Å². The Labute approximate surface area is 117 Å². The van der Waals surface area contributed by atoms with E-state index in [0.29, 0.717) is 22.4 Å². The molecule has 1 heterocycles. The van der Waals surface area contributed by atoms with Crippen LogP contribution in [-0.2, 0) is 4.43 Å². The largest absolute Gasteiger partial charge is 0.465 e. The lowest BCUT2D eigenvalue weighted by Crippen LogP contribution is -2.48. The van der Waals surface area contributed by atoms with E-state index in [0.717, 1.165) is 0 Å². The molecule has 1 aromatic rings. The number of nitrogens with zero attached hydrogens (tertiary/aromatic N) is 1. The average Bonchev–Trinajstić information content (AvgIpc) is 2.82. The van der Waals surface area contributed by atoms with Crippen molar-refractivity contribution < 1.29 is 8.84 Å². The van der Waals surface area contributed by atoms with Gasteiger partial charge < -0.3 is 8.84 Å². The van der Waals surface area contributed by atoms with Crippen LogP contribution in [0, 0.1) is 11.3 Å². The number of rotatable bonds is 6. The molecule has 0 spiro atoms. The summed E-state index contributed by atoms with van der Waals surface area (Å²) in [6.07, 6.45) is 1.00. The van der Waals surface area contributed by atoms with Crippen molar-refractivity contribution in [2.45, 2.75) is 64.3 Å². The van der Waals surface area contributed by atoms with Gasteiger partial charge in [0.15, 0.2) is 6.10 Å². The van der Waals surface area contributed by atoms with Gasteiger partial charge in [-0.3, -0.25) is 0 Å². The van der Waals surface area contributed by atoms with Crippen LogP contribution in [0.5, 0.6) is 0 Å². The second kappa shape index (κ2) is 6.40. The molecular formula is C15H25NO2Si. The third-order valence-corrected chi connectivity index (χ3v) is 10.0. The fourth-order valence-corrected chi connectivity index (χ4v) is 8.59. The summed E-state index contributed by atoms with van der Waals surface area (Å²) in [5.74, 6) is 0.612. The first kappa shape index (κ1) is 16.0. The minimum absolute atomic E-state index is 0.457. The predicted octanol–water partition coefficient (Wildman–Crippen LogP) is 5.04. The van der Waals surface area contributed by atoms with Gasteiger partial charge >= 0.3 is 0 Å². The summed E-state index contributed by atoms with van der Waals surface area (Å²) in [5, 5.41) is 9.39. The fraction of sp³-hybridized carbons (Fsp3) is 0.667. The summed E-state index contributed by atoms with van der Waals surface area (Å²) in [5.41, 5.74) is 1.37. The Morgan fingerprint density at radius 1 is 1.11 bits per heavy atom. The van der Waals surface area contributed by atoms with Crippen LogP contribution in [-0.4, -0.2) is 8.32 Å². The number of hydrogen-bond donors (Lipinski definition) is 0. The molecule has 106 valence electrons. The third-order valence-electron chi connectivity index (χ3n) is 3.95. The van der Waals surface area contributed by atoms with E-state index in [2.05, 4.69) is 47.6 Å². The van der Waals surface area contributed by atoms with Crippen molar-refractivity contribution in [1.82, 2.24) is 0 Å². The van der Waals surface area contributed by atoms with Crippen molar-refractivity contribution in [2.75, 3.05) is 0 Å².